The fraction of sp³-hybridized carbons (Fsp3) is 0.143. The van der Waals surface area contributed by atoms with Crippen LogP contribution in [0.25, 0.3) is 16.9 Å². The van der Waals surface area contributed by atoms with Gasteiger partial charge in [-0.25, -0.2) is 9.50 Å². The van der Waals surface area contributed by atoms with Crippen molar-refractivity contribution in [3.8, 4) is 11.3 Å². The molecule has 0 saturated heterocycles. The van der Waals surface area contributed by atoms with Crippen molar-refractivity contribution in [1.29, 1.82) is 0 Å². The van der Waals surface area contributed by atoms with Gasteiger partial charge in [-0.1, -0.05) is 23.8 Å². The molecule has 4 heteroatoms. The standard InChI is InChI=1S/C14H12BrN3/c1-9-3-4-11(10(2)7-9)12-5-6-14-16-13(15)8-18(14)17-12/h3-8H,1-2H3. The summed E-state index contributed by atoms with van der Waals surface area (Å²) < 4.78 is 2.59. The quantitative estimate of drug-likeness (QED) is 0.685. The molecule has 0 amide bonds. The van der Waals surface area contributed by atoms with Gasteiger partial charge in [-0.05, 0) is 47.5 Å². The van der Waals surface area contributed by atoms with Gasteiger partial charge in [0.2, 0.25) is 0 Å². The zero-order chi connectivity index (χ0) is 12.7. The van der Waals surface area contributed by atoms with E-state index in [0.717, 1.165) is 21.5 Å². The van der Waals surface area contributed by atoms with Gasteiger partial charge in [-0.15, -0.1) is 0 Å². The number of benzene rings is 1. The molecule has 0 atom stereocenters. The number of aromatic nitrogens is 3. The van der Waals surface area contributed by atoms with Crippen LogP contribution in [0.1, 0.15) is 11.1 Å². The lowest BCUT2D eigenvalue weighted by atomic mass is 10.0. The van der Waals surface area contributed by atoms with Crippen LogP contribution in [0.4, 0.5) is 0 Å². The van der Waals surface area contributed by atoms with Crippen LogP contribution in [-0.2, 0) is 0 Å². The number of hydrogen-bond donors (Lipinski definition) is 0. The Labute approximate surface area is 114 Å². The summed E-state index contributed by atoms with van der Waals surface area (Å²) >= 11 is 3.36. The molecule has 0 saturated carbocycles. The first-order valence-electron chi connectivity index (χ1n) is 5.73. The molecule has 0 aliphatic rings. The molecule has 3 nitrogen and oxygen atoms in total. The van der Waals surface area contributed by atoms with Crippen molar-refractivity contribution in [2.45, 2.75) is 13.8 Å². The van der Waals surface area contributed by atoms with E-state index >= 15 is 0 Å². The summed E-state index contributed by atoms with van der Waals surface area (Å²) in [5.74, 6) is 0. The Morgan fingerprint density at radius 3 is 2.72 bits per heavy atom. The lowest BCUT2D eigenvalue weighted by Gasteiger charge is -2.06. The number of halogens is 1. The fourth-order valence-corrected chi connectivity index (χ4v) is 2.47. The van der Waals surface area contributed by atoms with Gasteiger partial charge in [0, 0.05) is 5.56 Å². The summed E-state index contributed by atoms with van der Waals surface area (Å²) in [6.07, 6.45) is 1.86. The molecule has 0 fully saturated rings. The second-order valence-electron chi connectivity index (χ2n) is 4.40. The van der Waals surface area contributed by atoms with Crippen molar-refractivity contribution in [2.24, 2.45) is 0 Å². The van der Waals surface area contributed by atoms with Gasteiger partial charge in [-0.2, -0.15) is 5.10 Å². The van der Waals surface area contributed by atoms with Crippen LogP contribution >= 0.6 is 15.9 Å². The Balaban J connectivity index is 2.18. The number of aryl methyl sites for hydroxylation is 2. The van der Waals surface area contributed by atoms with Crippen LogP contribution < -0.4 is 0 Å². The first-order chi connectivity index (χ1) is 8.63. The maximum atomic E-state index is 4.58. The van der Waals surface area contributed by atoms with Gasteiger partial charge < -0.3 is 0 Å². The molecule has 0 bridgehead atoms. The summed E-state index contributed by atoms with van der Waals surface area (Å²) in [4.78, 5) is 4.30. The van der Waals surface area contributed by atoms with Crippen molar-refractivity contribution >= 4 is 21.6 Å². The molecule has 0 aliphatic carbocycles. The van der Waals surface area contributed by atoms with Gasteiger partial charge in [0.15, 0.2) is 5.65 Å². The molecular weight excluding hydrogens is 290 g/mol. The van der Waals surface area contributed by atoms with Crippen molar-refractivity contribution in [1.82, 2.24) is 14.6 Å². The zero-order valence-corrected chi connectivity index (χ0v) is 11.8. The first kappa shape index (κ1) is 11.4. The van der Waals surface area contributed by atoms with E-state index in [4.69, 9.17) is 0 Å². The Morgan fingerprint density at radius 1 is 1.11 bits per heavy atom. The summed E-state index contributed by atoms with van der Waals surface area (Å²) in [6, 6.07) is 10.4. The molecule has 3 aromatic rings. The average Bonchev–Trinajstić information content (AvgIpc) is 2.68. The largest absolute Gasteiger partial charge is 0.220 e. The summed E-state index contributed by atoms with van der Waals surface area (Å²) in [5, 5.41) is 4.58. The highest BCUT2D eigenvalue weighted by atomic mass is 79.9. The molecule has 2 aromatic heterocycles. The molecule has 3 rings (SSSR count). The van der Waals surface area contributed by atoms with Crippen LogP contribution in [-0.4, -0.2) is 14.6 Å². The van der Waals surface area contributed by atoms with Crippen LogP contribution in [0, 0.1) is 13.8 Å². The van der Waals surface area contributed by atoms with Crippen LogP contribution in [0.15, 0.2) is 41.1 Å². The lowest BCUT2D eigenvalue weighted by molar-refractivity contribution is 0.940. The predicted octanol–water partition coefficient (Wildman–Crippen LogP) is 3.78. The van der Waals surface area contributed by atoms with E-state index in [1.54, 1.807) is 4.52 Å². The minimum Gasteiger partial charge on any atom is -0.220 e. The Morgan fingerprint density at radius 2 is 1.94 bits per heavy atom. The van der Waals surface area contributed by atoms with Crippen molar-refractivity contribution in [2.75, 3.05) is 0 Å². The smallest absolute Gasteiger partial charge is 0.154 e. The SMILES string of the molecule is Cc1ccc(-c2ccc3nc(Br)cn3n2)c(C)c1. The summed E-state index contributed by atoms with van der Waals surface area (Å²) in [6.45, 7) is 4.21. The average molecular weight is 302 g/mol. The van der Waals surface area contributed by atoms with Gasteiger partial charge in [0.05, 0.1) is 11.9 Å². The van der Waals surface area contributed by atoms with E-state index in [9.17, 15) is 0 Å². The highest BCUT2D eigenvalue weighted by molar-refractivity contribution is 9.10. The highest BCUT2D eigenvalue weighted by Crippen LogP contribution is 2.23. The minimum atomic E-state index is 0.799. The number of hydrogen-bond acceptors (Lipinski definition) is 2. The normalized spacial score (nSPS) is 11.1. The van der Waals surface area contributed by atoms with Crippen LogP contribution in [0.3, 0.4) is 0 Å². The summed E-state index contributed by atoms with van der Waals surface area (Å²) in [5.41, 5.74) is 5.47. The lowest BCUT2D eigenvalue weighted by Crippen LogP contribution is -1.94. The molecule has 18 heavy (non-hydrogen) atoms. The second kappa shape index (κ2) is 4.21. The molecule has 0 aliphatic heterocycles. The van der Waals surface area contributed by atoms with Crippen molar-refractivity contribution < 1.29 is 0 Å². The van der Waals surface area contributed by atoms with Gasteiger partial charge >= 0.3 is 0 Å². The summed E-state index contributed by atoms with van der Waals surface area (Å²) in [7, 11) is 0. The maximum absolute atomic E-state index is 4.58. The molecular formula is C14H12BrN3. The van der Waals surface area contributed by atoms with Gasteiger partial charge in [0.25, 0.3) is 0 Å². The molecule has 90 valence electrons. The number of nitrogens with zero attached hydrogens (tertiary/aromatic N) is 3. The Kier molecular flexibility index (Phi) is 2.67. The third-order valence-electron chi connectivity index (χ3n) is 2.95. The fourth-order valence-electron chi connectivity index (χ4n) is 2.10. The molecule has 2 heterocycles. The van der Waals surface area contributed by atoms with E-state index in [1.807, 2.05) is 18.3 Å². The second-order valence-corrected chi connectivity index (χ2v) is 5.22. The van der Waals surface area contributed by atoms with Crippen LogP contribution in [0.5, 0.6) is 0 Å². The van der Waals surface area contributed by atoms with Gasteiger partial charge in [0.1, 0.15) is 4.60 Å². The maximum Gasteiger partial charge on any atom is 0.154 e. The highest BCUT2D eigenvalue weighted by Gasteiger charge is 2.06. The van der Waals surface area contributed by atoms with E-state index < -0.39 is 0 Å². The van der Waals surface area contributed by atoms with E-state index in [0.29, 0.717) is 0 Å². The first-order valence-corrected chi connectivity index (χ1v) is 6.52. The molecule has 0 unspecified atom stereocenters. The predicted molar refractivity (Wildman–Crippen MR) is 75.6 cm³/mol. The molecule has 1 aromatic carbocycles. The van der Waals surface area contributed by atoms with Crippen molar-refractivity contribution in [3.63, 3.8) is 0 Å². The van der Waals surface area contributed by atoms with Crippen LogP contribution in [0.2, 0.25) is 0 Å². The molecule has 0 N–H and O–H groups in total. The van der Waals surface area contributed by atoms with E-state index in [1.165, 1.54) is 11.1 Å². The molecule has 0 radical (unpaired) electrons. The van der Waals surface area contributed by atoms with Gasteiger partial charge in [-0.3, -0.25) is 0 Å². The monoisotopic (exact) mass is 301 g/mol. The third-order valence-corrected chi connectivity index (χ3v) is 3.33. The topological polar surface area (TPSA) is 30.2 Å². The Bertz CT molecular complexity index is 731. The Hall–Kier alpha value is -1.68. The minimum absolute atomic E-state index is 0.799. The third kappa shape index (κ3) is 1.93. The number of imidazole rings is 1. The zero-order valence-electron chi connectivity index (χ0n) is 10.2. The number of fused-ring (bicyclic) bond motifs is 1. The van der Waals surface area contributed by atoms with E-state index in [2.05, 4.69) is 58.1 Å². The van der Waals surface area contributed by atoms with Crippen molar-refractivity contribution in [3.05, 3.63) is 52.3 Å². The molecule has 0 spiro atoms. The number of rotatable bonds is 1. The van der Waals surface area contributed by atoms with E-state index in [-0.39, 0.29) is 0 Å².